The number of rotatable bonds is 5. The third kappa shape index (κ3) is 5.98. The normalized spacial score (nSPS) is 14.2. The van der Waals surface area contributed by atoms with Crippen LogP contribution in [0.3, 0.4) is 0 Å². The summed E-state index contributed by atoms with van der Waals surface area (Å²) in [6, 6.07) is 2.77. The van der Waals surface area contributed by atoms with Gasteiger partial charge in [0.15, 0.2) is 0 Å². The quantitative estimate of drug-likeness (QED) is 0.385. The van der Waals surface area contributed by atoms with Crippen molar-refractivity contribution in [2.24, 2.45) is 0 Å². The van der Waals surface area contributed by atoms with E-state index in [-0.39, 0.29) is 27.6 Å². The van der Waals surface area contributed by atoms with Gasteiger partial charge in [-0.25, -0.2) is 4.79 Å². The highest BCUT2D eigenvalue weighted by molar-refractivity contribution is 6.32. The molecule has 3 nitrogen and oxygen atoms in total. The summed E-state index contributed by atoms with van der Waals surface area (Å²) in [7, 11) is 12.4. The predicted molar refractivity (Wildman–Crippen MR) is 90.5 cm³/mol. The van der Waals surface area contributed by atoms with E-state index < -0.39 is 23.8 Å². The second-order valence-electron chi connectivity index (χ2n) is 5.33. The third-order valence-corrected chi connectivity index (χ3v) is 3.21. The first kappa shape index (κ1) is 20.8. The second kappa shape index (κ2) is 8.25. The molecule has 1 N–H and O–H groups in total. The number of carbonyl (C=O) groups is 1. The molecule has 0 aliphatic heterocycles. The van der Waals surface area contributed by atoms with Gasteiger partial charge in [0.2, 0.25) is 0 Å². The van der Waals surface area contributed by atoms with Crippen molar-refractivity contribution in [1.82, 2.24) is 0 Å². The number of alkyl halides is 3. The van der Waals surface area contributed by atoms with Crippen LogP contribution in [0.2, 0.25) is 0 Å². The number of ether oxygens (including phenoxy) is 1. The van der Waals surface area contributed by atoms with Gasteiger partial charge in [-0.3, -0.25) is 0 Å². The Bertz CT molecular complexity index is 737. The van der Waals surface area contributed by atoms with E-state index in [0.29, 0.717) is 0 Å². The van der Waals surface area contributed by atoms with Crippen molar-refractivity contribution in [3.05, 3.63) is 64.7 Å². The lowest BCUT2D eigenvalue weighted by molar-refractivity contribution is -0.138. The van der Waals surface area contributed by atoms with Gasteiger partial charge in [-0.1, -0.05) is 41.8 Å². The fourth-order valence-corrected chi connectivity index (χ4v) is 2.02. The number of methoxy groups -OCH3 is 1. The van der Waals surface area contributed by atoms with E-state index in [9.17, 15) is 23.1 Å². The maximum atomic E-state index is 12.8. The van der Waals surface area contributed by atoms with Crippen LogP contribution in [0.15, 0.2) is 53.5 Å². The summed E-state index contributed by atoms with van der Waals surface area (Å²) in [6.07, 6.45) is -3.51. The van der Waals surface area contributed by atoms with Crippen LogP contribution < -0.4 is 5.46 Å². The first-order chi connectivity index (χ1) is 11.5. The standard InChI is InChI=1S/C17H15B2F3O3/c1-9(4-13(18)5-10(2)16(24)25-3)15(23)11-6-12(17(20,21)22)8-14(19)7-11/h4-8,15,23H,1H2,2-3H3/b10-5+,13-4+. The lowest BCUT2D eigenvalue weighted by Crippen LogP contribution is -2.14. The highest BCUT2D eigenvalue weighted by Gasteiger charge is 2.31. The molecule has 4 radical (unpaired) electrons. The van der Waals surface area contributed by atoms with Crippen LogP contribution in [0.5, 0.6) is 0 Å². The minimum Gasteiger partial charge on any atom is -0.466 e. The molecule has 0 fully saturated rings. The molecule has 0 amide bonds. The summed E-state index contributed by atoms with van der Waals surface area (Å²) in [6.45, 7) is 5.06. The SMILES string of the molecule is [B]C(=C/C(=C)C(O)c1cc([B])cc(C(F)(F)F)c1)/C=C(\C)C(=O)OC. The largest absolute Gasteiger partial charge is 0.466 e. The lowest BCUT2D eigenvalue weighted by atomic mass is 9.87. The molecule has 1 rings (SSSR count). The van der Waals surface area contributed by atoms with E-state index >= 15 is 0 Å². The fourth-order valence-electron chi connectivity index (χ4n) is 2.02. The first-order valence-electron chi connectivity index (χ1n) is 7.04. The molecular formula is C17H15B2F3O3. The van der Waals surface area contributed by atoms with Crippen LogP contribution in [0.4, 0.5) is 13.2 Å². The number of aliphatic hydroxyl groups is 1. The summed E-state index contributed by atoms with van der Waals surface area (Å²) in [5.41, 5.74) is -0.878. The first-order valence-corrected chi connectivity index (χ1v) is 7.04. The second-order valence-corrected chi connectivity index (χ2v) is 5.33. The van der Waals surface area contributed by atoms with Gasteiger partial charge in [0.25, 0.3) is 0 Å². The van der Waals surface area contributed by atoms with Crippen LogP contribution in [0, 0.1) is 0 Å². The van der Waals surface area contributed by atoms with Crippen molar-refractivity contribution in [2.75, 3.05) is 7.11 Å². The molecule has 1 atom stereocenters. The highest BCUT2D eigenvalue weighted by atomic mass is 19.4. The Balaban J connectivity index is 3.10. The molecule has 0 saturated carbocycles. The van der Waals surface area contributed by atoms with Crippen molar-refractivity contribution in [1.29, 1.82) is 0 Å². The molecule has 0 aromatic heterocycles. The molecular weight excluding hydrogens is 331 g/mol. The molecule has 0 aliphatic rings. The molecule has 0 spiro atoms. The van der Waals surface area contributed by atoms with Crippen molar-refractivity contribution < 1.29 is 27.8 Å². The Labute approximate surface area is 146 Å². The molecule has 1 unspecified atom stereocenters. The number of esters is 1. The van der Waals surface area contributed by atoms with E-state index in [1.54, 1.807) is 0 Å². The lowest BCUT2D eigenvalue weighted by Gasteiger charge is -2.16. The van der Waals surface area contributed by atoms with Gasteiger partial charge in [-0.05, 0) is 24.1 Å². The highest BCUT2D eigenvalue weighted by Crippen LogP contribution is 2.31. The molecule has 0 bridgehead atoms. The minimum atomic E-state index is -4.60. The summed E-state index contributed by atoms with van der Waals surface area (Å²) < 4.78 is 43.0. The summed E-state index contributed by atoms with van der Waals surface area (Å²) in [5.74, 6) is -0.590. The van der Waals surface area contributed by atoms with Crippen molar-refractivity contribution >= 4 is 27.1 Å². The number of aliphatic hydroxyl groups excluding tert-OH is 1. The van der Waals surface area contributed by atoms with E-state index in [1.807, 2.05) is 0 Å². The van der Waals surface area contributed by atoms with Gasteiger partial charge >= 0.3 is 12.1 Å². The molecule has 1 aromatic rings. The summed E-state index contributed by atoms with van der Waals surface area (Å²) in [5, 5.41) is 10.2. The molecule has 128 valence electrons. The topological polar surface area (TPSA) is 46.5 Å². The maximum Gasteiger partial charge on any atom is 0.416 e. The number of hydrogen-bond donors (Lipinski definition) is 1. The number of halogens is 3. The third-order valence-electron chi connectivity index (χ3n) is 3.21. The average Bonchev–Trinajstić information content (AvgIpc) is 2.51. The van der Waals surface area contributed by atoms with Crippen LogP contribution in [-0.4, -0.2) is 33.9 Å². The Hall–Kier alpha value is -2.21. The van der Waals surface area contributed by atoms with Gasteiger partial charge in [0.05, 0.1) is 12.7 Å². The monoisotopic (exact) mass is 346 g/mol. The fraction of sp³-hybridized carbons (Fsp3) is 0.235. The van der Waals surface area contributed by atoms with Crippen LogP contribution in [0.1, 0.15) is 24.2 Å². The minimum absolute atomic E-state index is 0.0325. The Morgan fingerprint density at radius 2 is 1.92 bits per heavy atom. The average molecular weight is 346 g/mol. The van der Waals surface area contributed by atoms with E-state index in [4.69, 9.17) is 15.7 Å². The van der Waals surface area contributed by atoms with Crippen molar-refractivity contribution in [3.8, 4) is 0 Å². The van der Waals surface area contributed by atoms with Gasteiger partial charge in [0, 0.05) is 5.57 Å². The zero-order chi connectivity index (χ0) is 19.4. The van der Waals surface area contributed by atoms with Gasteiger partial charge < -0.3 is 9.84 Å². The predicted octanol–water partition coefficient (Wildman–Crippen LogP) is 2.26. The van der Waals surface area contributed by atoms with E-state index in [1.165, 1.54) is 32.3 Å². The summed E-state index contributed by atoms with van der Waals surface area (Å²) in [4.78, 5) is 11.3. The van der Waals surface area contributed by atoms with Crippen molar-refractivity contribution in [2.45, 2.75) is 19.2 Å². The van der Waals surface area contributed by atoms with Crippen LogP contribution >= 0.6 is 0 Å². The molecule has 8 heteroatoms. The van der Waals surface area contributed by atoms with Crippen LogP contribution in [-0.2, 0) is 15.7 Å². The molecule has 0 aliphatic carbocycles. The van der Waals surface area contributed by atoms with Gasteiger partial charge in [-0.15, -0.1) is 0 Å². The molecule has 25 heavy (non-hydrogen) atoms. The van der Waals surface area contributed by atoms with E-state index in [0.717, 1.165) is 12.1 Å². The van der Waals surface area contributed by atoms with Gasteiger partial charge in [0.1, 0.15) is 21.8 Å². The van der Waals surface area contributed by atoms with E-state index in [2.05, 4.69) is 11.3 Å². The number of hydrogen-bond acceptors (Lipinski definition) is 3. The Morgan fingerprint density at radius 3 is 2.44 bits per heavy atom. The van der Waals surface area contributed by atoms with Crippen LogP contribution in [0.25, 0.3) is 0 Å². The number of carbonyl (C=O) groups excluding carboxylic acids is 1. The Kier molecular flexibility index (Phi) is 6.87. The number of allylic oxidation sites excluding steroid dienone is 2. The Morgan fingerprint density at radius 1 is 1.32 bits per heavy atom. The zero-order valence-electron chi connectivity index (χ0n) is 13.7. The molecule has 1 aromatic carbocycles. The molecule has 0 saturated heterocycles. The summed E-state index contributed by atoms with van der Waals surface area (Å²) >= 11 is 0. The zero-order valence-corrected chi connectivity index (χ0v) is 13.7. The van der Waals surface area contributed by atoms with Crippen molar-refractivity contribution in [3.63, 3.8) is 0 Å². The maximum absolute atomic E-state index is 12.8. The molecule has 0 heterocycles. The smallest absolute Gasteiger partial charge is 0.416 e. The van der Waals surface area contributed by atoms with Gasteiger partial charge in [-0.2, -0.15) is 13.2 Å². The number of benzene rings is 1.